The summed E-state index contributed by atoms with van der Waals surface area (Å²) in [5.41, 5.74) is 1.58. The van der Waals surface area contributed by atoms with Gasteiger partial charge in [0.05, 0.1) is 12.3 Å². The topological polar surface area (TPSA) is 55.8 Å². The maximum Gasteiger partial charge on any atom is 0.339 e. The second-order valence-electron chi connectivity index (χ2n) is 5.00. The Morgan fingerprint density at radius 1 is 1.13 bits per heavy atom. The van der Waals surface area contributed by atoms with E-state index in [1.165, 1.54) is 0 Å². The minimum absolute atomic E-state index is 0.248. The first kappa shape index (κ1) is 15.7. The van der Waals surface area contributed by atoms with Crippen LogP contribution < -0.4 is 4.31 Å². The Bertz CT molecular complexity index is 692. The van der Waals surface area contributed by atoms with Crippen LogP contribution in [0.5, 0.6) is 0 Å². The normalized spacial score (nSPS) is 23.7. The smallest absolute Gasteiger partial charge is 0.339 e. The number of carbonyl (C=O) groups excluding carboxylic acids is 1. The van der Waals surface area contributed by atoms with Gasteiger partial charge in [-0.2, -0.15) is 0 Å². The number of para-hydroxylation sites is 1. The van der Waals surface area contributed by atoms with Crippen molar-refractivity contribution in [3.05, 3.63) is 66.2 Å². The van der Waals surface area contributed by atoms with Gasteiger partial charge in [-0.05, 0) is 24.6 Å². The summed E-state index contributed by atoms with van der Waals surface area (Å²) in [6.45, 7) is 1.98. The van der Waals surface area contributed by atoms with Gasteiger partial charge in [-0.15, -0.1) is 0 Å². The fraction of sp³-hybridized carbons (Fsp3) is 0.235. The van der Waals surface area contributed by atoms with Crippen molar-refractivity contribution in [2.75, 3.05) is 10.9 Å². The van der Waals surface area contributed by atoms with Crippen LogP contribution in [0.2, 0.25) is 0 Å². The van der Waals surface area contributed by atoms with E-state index in [-0.39, 0.29) is 6.61 Å². The largest absolute Gasteiger partial charge is 0.464 e. The molecule has 5 nitrogen and oxygen atoms in total. The van der Waals surface area contributed by atoms with Crippen molar-refractivity contribution in [3.8, 4) is 0 Å². The molecule has 6 heteroatoms. The number of ether oxygens (including phenoxy) is 1. The zero-order valence-electron chi connectivity index (χ0n) is 12.6. The predicted octanol–water partition coefficient (Wildman–Crippen LogP) is 2.77. The standard InChI is InChI=1S/C17H17NO4S/c1-2-21-17(19)16-15(13-9-5-3-6-10-13)18(23(20)22-16)14-11-7-4-8-12-14/h3-12,15-16H,2H2,1H3. The van der Waals surface area contributed by atoms with Gasteiger partial charge in [0.1, 0.15) is 6.04 Å². The van der Waals surface area contributed by atoms with Crippen LogP contribution in [0.3, 0.4) is 0 Å². The third kappa shape index (κ3) is 3.13. The van der Waals surface area contributed by atoms with Crippen molar-refractivity contribution in [1.29, 1.82) is 0 Å². The van der Waals surface area contributed by atoms with Crippen LogP contribution in [-0.2, 0) is 25.0 Å². The van der Waals surface area contributed by atoms with Crippen molar-refractivity contribution in [2.24, 2.45) is 0 Å². The molecule has 0 spiro atoms. The number of benzene rings is 2. The summed E-state index contributed by atoms with van der Waals surface area (Å²) >= 11 is -1.76. The van der Waals surface area contributed by atoms with E-state index < -0.39 is 29.4 Å². The highest BCUT2D eigenvalue weighted by Gasteiger charge is 2.47. The average Bonchev–Trinajstić information content (AvgIpc) is 2.94. The Hall–Kier alpha value is -2.18. The average molecular weight is 331 g/mol. The lowest BCUT2D eigenvalue weighted by molar-refractivity contribution is -0.151. The minimum atomic E-state index is -1.76. The Morgan fingerprint density at radius 2 is 1.74 bits per heavy atom. The molecular formula is C17H17NO4S. The third-order valence-electron chi connectivity index (χ3n) is 3.56. The van der Waals surface area contributed by atoms with Crippen molar-refractivity contribution < 1.29 is 17.9 Å². The van der Waals surface area contributed by atoms with Crippen LogP contribution in [0.25, 0.3) is 0 Å². The lowest BCUT2D eigenvalue weighted by Crippen LogP contribution is -2.33. The molecule has 2 aromatic rings. The van der Waals surface area contributed by atoms with Crippen LogP contribution in [-0.4, -0.2) is 22.9 Å². The number of carbonyl (C=O) groups is 1. The van der Waals surface area contributed by atoms with Gasteiger partial charge in [0.15, 0.2) is 6.10 Å². The van der Waals surface area contributed by atoms with Gasteiger partial charge in [0.2, 0.25) is 0 Å². The van der Waals surface area contributed by atoms with Gasteiger partial charge in [-0.3, -0.25) is 8.49 Å². The molecule has 0 aliphatic carbocycles. The number of nitrogens with zero attached hydrogens (tertiary/aromatic N) is 1. The molecule has 0 saturated carbocycles. The number of hydrogen-bond acceptors (Lipinski definition) is 4. The molecule has 1 aliphatic heterocycles. The molecule has 3 rings (SSSR count). The maximum atomic E-state index is 12.5. The van der Waals surface area contributed by atoms with Crippen LogP contribution in [0.1, 0.15) is 18.5 Å². The van der Waals surface area contributed by atoms with Crippen molar-refractivity contribution in [1.82, 2.24) is 0 Å². The minimum Gasteiger partial charge on any atom is -0.464 e. The van der Waals surface area contributed by atoms with E-state index in [9.17, 15) is 9.00 Å². The van der Waals surface area contributed by atoms with Gasteiger partial charge in [-0.1, -0.05) is 48.5 Å². The van der Waals surface area contributed by atoms with E-state index in [2.05, 4.69) is 0 Å². The van der Waals surface area contributed by atoms with E-state index in [1.807, 2.05) is 60.7 Å². The molecule has 1 fully saturated rings. The Labute approximate surface area is 137 Å². The van der Waals surface area contributed by atoms with E-state index in [1.54, 1.807) is 11.2 Å². The second kappa shape index (κ2) is 6.93. The van der Waals surface area contributed by atoms with Crippen LogP contribution >= 0.6 is 0 Å². The lowest BCUT2D eigenvalue weighted by Gasteiger charge is -2.24. The fourth-order valence-corrected chi connectivity index (χ4v) is 3.74. The Kier molecular flexibility index (Phi) is 4.73. The van der Waals surface area contributed by atoms with Gasteiger partial charge in [0.25, 0.3) is 11.3 Å². The predicted molar refractivity (Wildman–Crippen MR) is 87.8 cm³/mol. The van der Waals surface area contributed by atoms with Gasteiger partial charge in [-0.25, -0.2) is 9.00 Å². The molecular weight excluding hydrogens is 314 g/mol. The monoisotopic (exact) mass is 331 g/mol. The molecule has 1 heterocycles. The summed E-state index contributed by atoms with van der Waals surface area (Å²) in [5, 5.41) is 0. The van der Waals surface area contributed by atoms with Gasteiger partial charge in [0, 0.05) is 0 Å². The molecule has 0 amide bonds. The number of anilines is 1. The molecule has 0 radical (unpaired) electrons. The van der Waals surface area contributed by atoms with E-state index in [0.717, 1.165) is 11.3 Å². The molecule has 3 atom stereocenters. The van der Waals surface area contributed by atoms with Crippen molar-refractivity contribution in [2.45, 2.75) is 19.1 Å². The lowest BCUT2D eigenvalue weighted by atomic mass is 10.0. The molecule has 120 valence electrons. The van der Waals surface area contributed by atoms with Crippen molar-refractivity contribution >= 4 is 22.9 Å². The second-order valence-corrected chi connectivity index (χ2v) is 6.02. The maximum absolute atomic E-state index is 12.5. The summed E-state index contributed by atoms with van der Waals surface area (Å²) in [6.07, 6.45) is -0.932. The highest BCUT2D eigenvalue weighted by atomic mass is 32.2. The molecule has 23 heavy (non-hydrogen) atoms. The van der Waals surface area contributed by atoms with Gasteiger partial charge >= 0.3 is 5.97 Å². The summed E-state index contributed by atoms with van der Waals surface area (Å²) < 4.78 is 24.6. The fourth-order valence-electron chi connectivity index (χ4n) is 2.58. The molecule has 0 N–H and O–H groups in total. The number of hydrogen-bond donors (Lipinski definition) is 0. The van der Waals surface area contributed by atoms with Gasteiger partial charge < -0.3 is 4.74 Å². The first-order valence-corrected chi connectivity index (χ1v) is 8.40. The summed E-state index contributed by atoms with van der Waals surface area (Å²) in [5.74, 6) is -0.506. The van der Waals surface area contributed by atoms with Crippen LogP contribution in [0, 0.1) is 0 Å². The molecule has 0 aromatic heterocycles. The molecule has 1 aliphatic rings. The number of esters is 1. The summed E-state index contributed by atoms with van der Waals surface area (Å²) in [6, 6.07) is 18.2. The van der Waals surface area contributed by atoms with Crippen LogP contribution in [0.15, 0.2) is 60.7 Å². The van der Waals surface area contributed by atoms with Crippen molar-refractivity contribution in [3.63, 3.8) is 0 Å². The Balaban J connectivity index is 2.03. The third-order valence-corrected chi connectivity index (χ3v) is 4.69. The first-order chi connectivity index (χ1) is 11.2. The van der Waals surface area contributed by atoms with E-state index in [4.69, 9.17) is 8.92 Å². The number of rotatable bonds is 4. The summed E-state index contributed by atoms with van der Waals surface area (Å²) in [7, 11) is 0. The zero-order valence-corrected chi connectivity index (χ0v) is 13.4. The molecule has 0 bridgehead atoms. The highest BCUT2D eigenvalue weighted by Crippen LogP contribution is 2.39. The zero-order chi connectivity index (χ0) is 16.2. The molecule has 3 unspecified atom stereocenters. The highest BCUT2D eigenvalue weighted by molar-refractivity contribution is 7.82. The summed E-state index contributed by atoms with van der Waals surface area (Å²) in [4.78, 5) is 12.2. The van der Waals surface area contributed by atoms with Crippen LogP contribution in [0.4, 0.5) is 5.69 Å². The Morgan fingerprint density at radius 3 is 2.35 bits per heavy atom. The quantitative estimate of drug-likeness (QED) is 0.809. The molecule has 2 aromatic carbocycles. The SMILES string of the molecule is CCOC(=O)C1OS(=O)N(c2ccccc2)C1c1ccccc1. The van der Waals surface area contributed by atoms with E-state index >= 15 is 0 Å². The first-order valence-electron chi connectivity index (χ1n) is 7.37. The molecule has 1 saturated heterocycles. The van der Waals surface area contributed by atoms with E-state index in [0.29, 0.717) is 0 Å².